The van der Waals surface area contributed by atoms with Gasteiger partial charge < -0.3 is 14.6 Å². The topological polar surface area (TPSA) is 72.8 Å². The Kier molecular flexibility index (Phi) is 7.43. The molecule has 5 heteroatoms. The van der Waals surface area contributed by atoms with Crippen molar-refractivity contribution < 1.29 is 24.2 Å². The van der Waals surface area contributed by atoms with E-state index < -0.39 is 6.10 Å². The first-order valence-electron chi connectivity index (χ1n) is 7.63. The SMILES string of the molecule is COC(=O)CCCCCCC1=C(OC(C)C)C[C@@H](O)C1=O. The molecule has 0 saturated heterocycles. The maximum absolute atomic E-state index is 11.9. The minimum atomic E-state index is -0.937. The molecule has 1 atom stereocenters. The summed E-state index contributed by atoms with van der Waals surface area (Å²) in [6.45, 7) is 3.82. The van der Waals surface area contributed by atoms with Gasteiger partial charge in [-0.1, -0.05) is 12.8 Å². The molecule has 0 aromatic carbocycles. The third kappa shape index (κ3) is 5.87. The Morgan fingerprint density at radius 2 is 1.95 bits per heavy atom. The average Bonchev–Trinajstić information content (AvgIpc) is 2.68. The van der Waals surface area contributed by atoms with Gasteiger partial charge in [-0.3, -0.25) is 9.59 Å². The van der Waals surface area contributed by atoms with Crippen LogP contribution in [0.1, 0.15) is 58.8 Å². The van der Waals surface area contributed by atoms with Crippen molar-refractivity contribution in [1.82, 2.24) is 0 Å². The molecule has 1 aliphatic carbocycles. The first kappa shape index (κ1) is 17.7. The minimum Gasteiger partial charge on any atom is -0.495 e. The summed E-state index contributed by atoms with van der Waals surface area (Å²) in [6.07, 6.45) is 3.99. The Morgan fingerprint density at radius 3 is 2.57 bits per heavy atom. The zero-order valence-electron chi connectivity index (χ0n) is 13.2. The van der Waals surface area contributed by atoms with Crippen molar-refractivity contribution in [3.63, 3.8) is 0 Å². The smallest absolute Gasteiger partial charge is 0.305 e. The molecule has 1 rings (SSSR count). The number of rotatable bonds is 9. The summed E-state index contributed by atoms with van der Waals surface area (Å²) < 4.78 is 10.2. The normalized spacial score (nSPS) is 18.5. The largest absolute Gasteiger partial charge is 0.495 e. The zero-order chi connectivity index (χ0) is 15.8. The van der Waals surface area contributed by atoms with Crippen molar-refractivity contribution in [2.45, 2.75) is 71.0 Å². The number of hydrogen-bond donors (Lipinski definition) is 1. The Bertz CT molecular complexity index is 397. The highest BCUT2D eigenvalue weighted by Gasteiger charge is 2.32. The van der Waals surface area contributed by atoms with Crippen LogP contribution in [0.3, 0.4) is 0 Å². The van der Waals surface area contributed by atoms with Crippen molar-refractivity contribution >= 4 is 11.8 Å². The lowest BCUT2D eigenvalue weighted by Crippen LogP contribution is -2.15. The molecule has 1 aliphatic rings. The van der Waals surface area contributed by atoms with E-state index in [1.165, 1.54) is 7.11 Å². The van der Waals surface area contributed by atoms with Crippen LogP contribution in [-0.2, 0) is 19.1 Å². The number of unbranched alkanes of at least 4 members (excludes halogenated alkanes) is 3. The van der Waals surface area contributed by atoms with Crippen LogP contribution in [-0.4, -0.2) is 36.2 Å². The average molecular weight is 298 g/mol. The number of methoxy groups -OCH3 is 1. The van der Waals surface area contributed by atoms with Gasteiger partial charge in [0.15, 0.2) is 5.78 Å². The van der Waals surface area contributed by atoms with E-state index >= 15 is 0 Å². The molecule has 0 spiro atoms. The van der Waals surface area contributed by atoms with E-state index in [4.69, 9.17) is 4.74 Å². The van der Waals surface area contributed by atoms with Gasteiger partial charge in [0.05, 0.1) is 13.2 Å². The fourth-order valence-electron chi connectivity index (χ4n) is 2.42. The first-order valence-corrected chi connectivity index (χ1v) is 7.63. The molecule has 0 bridgehead atoms. The Labute approximate surface area is 126 Å². The molecule has 0 radical (unpaired) electrons. The number of carbonyl (C=O) groups is 2. The highest BCUT2D eigenvalue weighted by Crippen LogP contribution is 2.29. The van der Waals surface area contributed by atoms with E-state index in [1.807, 2.05) is 13.8 Å². The van der Waals surface area contributed by atoms with Crippen molar-refractivity contribution in [2.75, 3.05) is 7.11 Å². The second-order valence-electron chi connectivity index (χ2n) is 5.64. The van der Waals surface area contributed by atoms with Gasteiger partial charge >= 0.3 is 5.97 Å². The van der Waals surface area contributed by atoms with E-state index in [1.54, 1.807) is 0 Å². The second-order valence-corrected chi connectivity index (χ2v) is 5.64. The number of aliphatic hydroxyl groups is 1. The maximum Gasteiger partial charge on any atom is 0.305 e. The maximum atomic E-state index is 11.9. The molecule has 5 nitrogen and oxygen atoms in total. The molecule has 1 N–H and O–H groups in total. The van der Waals surface area contributed by atoms with Crippen LogP contribution >= 0.6 is 0 Å². The lowest BCUT2D eigenvalue weighted by atomic mass is 10.0. The van der Waals surface area contributed by atoms with Crippen LogP contribution in [0.25, 0.3) is 0 Å². The van der Waals surface area contributed by atoms with Crippen molar-refractivity contribution in [3.8, 4) is 0 Å². The van der Waals surface area contributed by atoms with Crippen molar-refractivity contribution in [3.05, 3.63) is 11.3 Å². The molecular formula is C16H26O5. The monoisotopic (exact) mass is 298 g/mol. The van der Waals surface area contributed by atoms with Gasteiger partial charge in [-0.2, -0.15) is 0 Å². The Hall–Kier alpha value is -1.36. The van der Waals surface area contributed by atoms with Crippen LogP contribution in [0.4, 0.5) is 0 Å². The summed E-state index contributed by atoms with van der Waals surface area (Å²) in [4.78, 5) is 22.9. The van der Waals surface area contributed by atoms with E-state index in [2.05, 4.69) is 4.74 Å². The van der Waals surface area contributed by atoms with Crippen LogP contribution in [0.15, 0.2) is 11.3 Å². The summed E-state index contributed by atoms with van der Waals surface area (Å²) in [6, 6.07) is 0. The zero-order valence-corrected chi connectivity index (χ0v) is 13.2. The number of carbonyl (C=O) groups excluding carboxylic acids is 2. The fourth-order valence-corrected chi connectivity index (χ4v) is 2.42. The van der Waals surface area contributed by atoms with Gasteiger partial charge in [-0.15, -0.1) is 0 Å². The number of ketones is 1. The molecule has 21 heavy (non-hydrogen) atoms. The standard InChI is InChI=1S/C16H26O5/c1-11(2)21-14-10-13(17)16(19)12(14)8-6-4-5-7-9-15(18)20-3/h11,13,17H,4-10H2,1-3H3/t13-/m1/s1. The van der Waals surface area contributed by atoms with Gasteiger partial charge in [0, 0.05) is 18.4 Å². The molecule has 0 aromatic heterocycles. The van der Waals surface area contributed by atoms with Crippen LogP contribution in [0, 0.1) is 0 Å². The van der Waals surface area contributed by atoms with E-state index in [-0.39, 0.29) is 17.9 Å². The van der Waals surface area contributed by atoms with Crippen LogP contribution in [0.5, 0.6) is 0 Å². The quantitative estimate of drug-likeness (QED) is 0.523. The van der Waals surface area contributed by atoms with Gasteiger partial charge in [-0.05, 0) is 33.1 Å². The number of aliphatic hydroxyl groups excluding tert-OH is 1. The second kappa shape index (κ2) is 8.82. The number of hydrogen-bond acceptors (Lipinski definition) is 5. The molecule has 0 fully saturated rings. The summed E-state index contributed by atoms with van der Waals surface area (Å²) in [5, 5.41) is 9.66. The molecular weight excluding hydrogens is 272 g/mol. The molecule has 120 valence electrons. The van der Waals surface area contributed by atoms with Crippen LogP contribution in [0.2, 0.25) is 0 Å². The van der Waals surface area contributed by atoms with E-state index in [0.717, 1.165) is 25.7 Å². The molecule has 0 aromatic rings. The highest BCUT2D eigenvalue weighted by molar-refractivity contribution is 6.01. The summed E-state index contributed by atoms with van der Waals surface area (Å²) in [5.41, 5.74) is 0.643. The van der Waals surface area contributed by atoms with Crippen molar-refractivity contribution in [1.29, 1.82) is 0 Å². The summed E-state index contributed by atoms with van der Waals surface area (Å²) in [5.74, 6) is 0.275. The highest BCUT2D eigenvalue weighted by atomic mass is 16.5. The van der Waals surface area contributed by atoms with Gasteiger partial charge in [0.2, 0.25) is 0 Å². The third-order valence-corrected chi connectivity index (χ3v) is 3.48. The molecule has 0 saturated carbocycles. The first-order chi connectivity index (χ1) is 9.95. The van der Waals surface area contributed by atoms with Gasteiger partial charge in [0.25, 0.3) is 0 Å². The Balaban J connectivity index is 2.34. The lowest BCUT2D eigenvalue weighted by molar-refractivity contribution is -0.140. The van der Waals surface area contributed by atoms with Crippen molar-refractivity contribution in [2.24, 2.45) is 0 Å². The molecule has 0 unspecified atom stereocenters. The molecule has 0 aliphatic heterocycles. The lowest BCUT2D eigenvalue weighted by Gasteiger charge is -2.12. The van der Waals surface area contributed by atoms with E-state index in [0.29, 0.717) is 30.6 Å². The number of esters is 1. The minimum absolute atomic E-state index is 0.00755. The van der Waals surface area contributed by atoms with Gasteiger partial charge in [0.1, 0.15) is 11.9 Å². The predicted octanol–water partition coefficient (Wildman–Crippen LogP) is 2.51. The predicted molar refractivity (Wildman–Crippen MR) is 78.6 cm³/mol. The fraction of sp³-hybridized carbons (Fsp3) is 0.750. The molecule has 0 amide bonds. The third-order valence-electron chi connectivity index (χ3n) is 3.48. The van der Waals surface area contributed by atoms with E-state index in [9.17, 15) is 14.7 Å². The summed E-state index contributed by atoms with van der Waals surface area (Å²) in [7, 11) is 1.39. The Morgan fingerprint density at radius 1 is 1.29 bits per heavy atom. The van der Waals surface area contributed by atoms with Gasteiger partial charge in [-0.25, -0.2) is 0 Å². The van der Waals surface area contributed by atoms with Crippen LogP contribution < -0.4 is 0 Å². The summed E-state index contributed by atoms with van der Waals surface area (Å²) >= 11 is 0. The molecule has 0 heterocycles. The number of ether oxygens (including phenoxy) is 2. The number of Topliss-reactive ketones (excluding diaryl/α,β-unsaturated/α-hetero) is 1.